The first-order valence-electron chi connectivity index (χ1n) is 7.65. The molecular weight excluding hydrogens is 250 g/mol. The Labute approximate surface area is 119 Å². The number of rotatable bonds is 2. The molecule has 4 nitrogen and oxygen atoms in total. The van der Waals surface area contributed by atoms with E-state index in [4.69, 9.17) is 10.7 Å². The van der Waals surface area contributed by atoms with Gasteiger partial charge >= 0.3 is 0 Å². The Balaban J connectivity index is 2.12. The zero-order chi connectivity index (χ0) is 14.1. The first-order valence-corrected chi connectivity index (χ1v) is 7.65. The van der Waals surface area contributed by atoms with Crippen molar-refractivity contribution in [3.63, 3.8) is 0 Å². The summed E-state index contributed by atoms with van der Waals surface area (Å²) in [5.41, 5.74) is 8.64. The van der Waals surface area contributed by atoms with E-state index in [0.717, 1.165) is 48.2 Å². The van der Waals surface area contributed by atoms with E-state index in [1.54, 1.807) is 0 Å². The topological polar surface area (TPSA) is 64.1 Å². The second-order valence-electron chi connectivity index (χ2n) is 5.77. The Morgan fingerprint density at radius 3 is 2.90 bits per heavy atom. The molecule has 3 N–H and O–H groups in total. The maximum absolute atomic E-state index is 10.5. The molecule has 4 heteroatoms. The largest absolute Gasteiger partial charge is 0.399 e. The Bertz CT molecular complexity index is 605. The molecule has 20 heavy (non-hydrogen) atoms. The number of nitrogen functional groups attached to an aromatic ring is 1. The van der Waals surface area contributed by atoms with Gasteiger partial charge in [0.2, 0.25) is 0 Å². The number of nitrogens with two attached hydrogens (primary N) is 1. The molecule has 3 rings (SSSR count). The van der Waals surface area contributed by atoms with E-state index in [9.17, 15) is 5.11 Å². The smallest absolute Gasteiger partial charge is 0.109 e. The predicted octanol–water partition coefficient (Wildman–Crippen LogP) is 3.05. The van der Waals surface area contributed by atoms with Gasteiger partial charge in [0.1, 0.15) is 5.82 Å². The third-order valence-corrected chi connectivity index (χ3v) is 4.38. The number of hydrogen-bond donors (Lipinski definition) is 2. The highest BCUT2D eigenvalue weighted by atomic mass is 16.3. The van der Waals surface area contributed by atoms with Crippen LogP contribution >= 0.6 is 0 Å². The van der Waals surface area contributed by atoms with Crippen LogP contribution in [0.2, 0.25) is 0 Å². The molecule has 2 unspecified atom stereocenters. The second-order valence-corrected chi connectivity index (χ2v) is 5.77. The predicted molar refractivity (Wildman–Crippen MR) is 81.7 cm³/mol. The monoisotopic (exact) mass is 273 g/mol. The van der Waals surface area contributed by atoms with Crippen molar-refractivity contribution in [3.05, 3.63) is 24.0 Å². The maximum atomic E-state index is 10.5. The van der Waals surface area contributed by atoms with Gasteiger partial charge in [-0.05, 0) is 31.0 Å². The zero-order valence-corrected chi connectivity index (χ0v) is 12.0. The molecule has 1 saturated carbocycles. The van der Waals surface area contributed by atoms with Crippen molar-refractivity contribution in [2.75, 3.05) is 5.73 Å². The summed E-state index contributed by atoms with van der Waals surface area (Å²) in [5, 5.41) is 10.5. The molecule has 2 aromatic rings. The van der Waals surface area contributed by atoms with Gasteiger partial charge in [-0.3, -0.25) is 0 Å². The van der Waals surface area contributed by atoms with Crippen LogP contribution in [0.25, 0.3) is 11.0 Å². The Morgan fingerprint density at radius 2 is 2.10 bits per heavy atom. The summed E-state index contributed by atoms with van der Waals surface area (Å²) < 4.78 is 2.25. The molecular formula is C16H23N3O. The van der Waals surface area contributed by atoms with Crippen LogP contribution < -0.4 is 5.73 Å². The molecule has 0 radical (unpaired) electrons. The number of benzene rings is 1. The summed E-state index contributed by atoms with van der Waals surface area (Å²) in [7, 11) is 0. The number of nitrogens with zero attached hydrogens (tertiary/aromatic N) is 2. The number of aliphatic hydroxyl groups is 1. The summed E-state index contributed by atoms with van der Waals surface area (Å²) in [6, 6.07) is 6.03. The minimum absolute atomic E-state index is 0.154. The van der Waals surface area contributed by atoms with Gasteiger partial charge in [-0.25, -0.2) is 4.98 Å². The number of aromatic nitrogens is 2. The van der Waals surface area contributed by atoms with E-state index in [1.807, 2.05) is 18.2 Å². The average molecular weight is 273 g/mol. The summed E-state index contributed by atoms with van der Waals surface area (Å²) in [5.74, 6) is 1.05. The first kappa shape index (κ1) is 13.4. The highest BCUT2D eigenvalue weighted by molar-refractivity contribution is 5.79. The van der Waals surface area contributed by atoms with Gasteiger partial charge in [0.05, 0.1) is 23.2 Å². The van der Waals surface area contributed by atoms with Crippen molar-refractivity contribution in [1.29, 1.82) is 0 Å². The van der Waals surface area contributed by atoms with E-state index >= 15 is 0 Å². The van der Waals surface area contributed by atoms with Crippen LogP contribution in [-0.2, 0) is 6.42 Å². The van der Waals surface area contributed by atoms with Gasteiger partial charge in [-0.1, -0.05) is 26.2 Å². The van der Waals surface area contributed by atoms with Crippen molar-refractivity contribution < 1.29 is 5.11 Å². The van der Waals surface area contributed by atoms with Gasteiger partial charge < -0.3 is 15.4 Å². The highest BCUT2D eigenvalue weighted by Crippen LogP contribution is 2.32. The Kier molecular flexibility index (Phi) is 3.66. The Hall–Kier alpha value is -1.55. The Morgan fingerprint density at radius 1 is 1.30 bits per heavy atom. The molecule has 0 saturated heterocycles. The van der Waals surface area contributed by atoms with Crippen molar-refractivity contribution in [2.45, 2.75) is 57.6 Å². The number of hydrogen-bond acceptors (Lipinski definition) is 3. The van der Waals surface area contributed by atoms with Crippen molar-refractivity contribution in [2.24, 2.45) is 0 Å². The van der Waals surface area contributed by atoms with E-state index in [2.05, 4.69) is 11.5 Å². The van der Waals surface area contributed by atoms with Crippen LogP contribution in [0, 0.1) is 0 Å². The van der Waals surface area contributed by atoms with E-state index in [-0.39, 0.29) is 12.1 Å². The minimum Gasteiger partial charge on any atom is -0.399 e. The standard InChI is InChI=1S/C16H23N3O/c1-2-16-18-12-10-11(17)8-9-13(12)19(16)14-6-4-3-5-7-15(14)20/h8-10,14-15,20H,2-7,17H2,1H3. The van der Waals surface area contributed by atoms with Crippen LogP contribution in [0.1, 0.15) is 50.9 Å². The molecule has 1 aromatic heterocycles. The van der Waals surface area contributed by atoms with Crippen LogP contribution in [0.4, 0.5) is 5.69 Å². The number of aryl methyl sites for hydroxylation is 1. The summed E-state index contributed by atoms with van der Waals surface area (Å²) in [4.78, 5) is 4.70. The number of aliphatic hydroxyl groups excluding tert-OH is 1. The molecule has 2 atom stereocenters. The quantitative estimate of drug-likeness (QED) is 0.653. The normalized spacial score (nSPS) is 23.9. The lowest BCUT2D eigenvalue weighted by Gasteiger charge is -2.24. The van der Waals surface area contributed by atoms with Gasteiger partial charge in [0.25, 0.3) is 0 Å². The zero-order valence-electron chi connectivity index (χ0n) is 12.0. The molecule has 1 fully saturated rings. The average Bonchev–Trinajstić information content (AvgIpc) is 2.66. The molecule has 1 heterocycles. The number of imidazole rings is 1. The maximum Gasteiger partial charge on any atom is 0.109 e. The van der Waals surface area contributed by atoms with Gasteiger partial charge in [-0.15, -0.1) is 0 Å². The van der Waals surface area contributed by atoms with Crippen LogP contribution in [0.5, 0.6) is 0 Å². The van der Waals surface area contributed by atoms with Crippen LogP contribution in [0.15, 0.2) is 18.2 Å². The fourth-order valence-electron chi connectivity index (χ4n) is 3.35. The SMILES string of the molecule is CCc1nc2cc(N)ccc2n1C1CCCCCC1O. The lowest BCUT2D eigenvalue weighted by atomic mass is 10.1. The lowest BCUT2D eigenvalue weighted by Crippen LogP contribution is -2.24. The van der Waals surface area contributed by atoms with Crippen LogP contribution in [0.3, 0.4) is 0 Å². The number of anilines is 1. The highest BCUT2D eigenvalue weighted by Gasteiger charge is 2.26. The molecule has 0 spiro atoms. The van der Waals surface area contributed by atoms with Gasteiger partial charge in [-0.2, -0.15) is 0 Å². The lowest BCUT2D eigenvalue weighted by molar-refractivity contribution is 0.106. The second kappa shape index (κ2) is 5.44. The molecule has 0 amide bonds. The van der Waals surface area contributed by atoms with Crippen molar-refractivity contribution in [3.8, 4) is 0 Å². The third-order valence-electron chi connectivity index (χ3n) is 4.38. The van der Waals surface area contributed by atoms with Crippen LogP contribution in [-0.4, -0.2) is 20.8 Å². The molecule has 108 valence electrons. The van der Waals surface area contributed by atoms with E-state index in [1.165, 1.54) is 12.8 Å². The molecule has 1 aliphatic carbocycles. The summed E-state index contributed by atoms with van der Waals surface area (Å²) in [6.07, 6.45) is 6.05. The van der Waals surface area contributed by atoms with E-state index in [0.29, 0.717) is 0 Å². The van der Waals surface area contributed by atoms with Crippen molar-refractivity contribution >= 4 is 16.7 Å². The fourth-order valence-corrected chi connectivity index (χ4v) is 3.35. The summed E-state index contributed by atoms with van der Waals surface area (Å²) >= 11 is 0. The minimum atomic E-state index is -0.266. The molecule has 1 aromatic carbocycles. The number of fused-ring (bicyclic) bond motifs is 1. The molecule has 0 bridgehead atoms. The van der Waals surface area contributed by atoms with Crippen molar-refractivity contribution in [1.82, 2.24) is 9.55 Å². The van der Waals surface area contributed by atoms with Gasteiger partial charge in [0.15, 0.2) is 0 Å². The summed E-state index contributed by atoms with van der Waals surface area (Å²) in [6.45, 7) is 2.12. The van der Waals surface area contributed by atoms with Gasteiger partial charge in [0, 0.05) is 12.1 Å². The fraction of sp³-hybridized carbons (Fsp3) is 0.562. The third kappa shape index (κ3) is 2.29. The first-order chi connectivity index (χ1) is 9.70. The molecule has 1 aliphatic rings. The van der Waals surface area contributed by atoms with E-state index < -0.39 is 0 Å². The molecule has 0 aliphatic heterocycles.